The number of carbonyl (C=O) groups excluding carboxylic acids is 1. The summed E-state index contributed by atoms with van der Waals surface area (Å²) in [6.07, 6.45) is 0. The Morgan fingerprint density at radius 1 is 1.26 bits per heavy atom. The monoisotopic (exact) mass is 308 g/mol. The minimum absolute atomic E-state index is 0.0457. The molecule has 1 amide bonds. The number of benzene rings is 2. The number of nitrogens with zero attached hydrogens (tertiary/aromatic N) is 2. The number of amides is 1. The fourth-order valence-corrected chi connectivity index (χ4v) is 3.33. The number of para-hydroxylation sites is 1. The first-order chi connectivity index (χ1) is 11.1. The number of aromatic hydroxyl groups is 1. The standard InChI is InChI=1S/C18H16N2O3/c1-11(21)20-18(12-5-4-6-13(22)9-12)15-10-23-16-8-3-2-7-14(16)17(15)19-20/h2-9,15,18,22H,10H2,1H3. The maximum Gasteiger partial charge on any atom is 0.240 e. The lowest BCUT2D eigenvalue weighted by atomic mass is 9.86. The lowest BCUT2D eigenvalue weighted by molar-refractivity contribution is -0.131. The van der Waals surface area contributed by atoms with Gasteiger partial charge in [0, 0.05) is 12.5 Å². The van der Waals surface area contributed by atoms with E-state index in [4.69, 9.17) is 4.74 Å². The molecule has 0 aromatic heterocycles. The topological polar surface area (TPSA) is 62.1 Å². The number of carbonyl (C=O) groups is 1. The number of fused-ring (bicyclic) bond motifs is 3. The summed E-state index contributed by atoms with van der Waals surface area (Å²) in [5.41, 5.74) is 2.65. The molecule has 2 aromatic rings. The van der Waals surface area contributed by atoms with Gasteiger partial charge in [-0.05, 0) is 29.8 Å². The van der Waals surface area contributed by atoms with Crippen molar-refractivity contribution < 1.29 is 14.6 Å². The minimum Gasteiger partial charge on any atom is -0.508 e. The van der Waals surface area contributed by atoms with Gasteiger partial charge < -0.3 is 9.84 Å². The van der Waals surface area contributed by atoms with Crippen molar-refractivity contribution in [2.24, 2.45) is 11.0 Å². The van der Waals surface area contributed by atoms with E-state index < -0.39 is 0 Å². The van der Waals surface area contributed by atoms with Crippen LogP contribution in [0.5, 0.6) is 11.5 Å². The molecule has 23 heavy (non-hydrogen) atoms. The second kappa shape index (κ2) is 5.12. The highest BCUT2D eigenvalue weighted by molar-refractivity contribution is 6.07. The van der Waals surface area contributed by atoms with Crippen LogP contribution in [-0.4, -0.2) is 28.3 Å². The summed E-state index contributed by atoms with van der Waals surface area (Å²) in [5, 5.41) is 15.9. The zero-order valence-corrected chi connectivity index (χ0v) is 12.6. The summed E-state index contributed by atoms with van der Waals surface area (Å²) >= 11 is 0. The summed E-state index contributed by atoms with van der Waals surface area (Å²) in [6.45, 7) is 1.96. The third kappa shape index (κ3) is 2.16. The van der Waals surface area contributed by atoms with Gasteiger partial charge in [-0.1, -0.05) is 24.3 Å². The third-order valence-corrected chi connectivity index (χ3v) is 4.33. The minimum atomic E-state index is -0.261. The molecule has 0 fully saturated rings. The largest absolute Gasteiger partial charge is 0.508 e. The van der Waals surface area contributed by atoms with Crippen LogP contribution in [0.15, 0.2) is 53.6 Å². The molecule has 5 heteroatoms. The second-order valence-electron chi connectivity index (χ2n) is 5.80. The van der Waals surface area contributed by atoms with Crippen molar-refractivity contribution in [3.05, 3.63) is 59.7 Å². The van der Waals surface area contributed by atoms with Crippen molar-refractivity contribution in [1.29, 1.82) is 0 Å². The van der Waals surface area contributed by atoms with Crippen LogP contribution in [0.4, 0.5) is 0 Å². The van der Waals surface area contributed by atoms with Gasteiger partial charge in [0.25, 0.3) is 0 Å². The molecule has 2 atom stereocenters. The van der Waals surface area contributed by atoms with Crippen LogP contribution in [0.2, 0.25) is 0 Å². The fraction of sp³-hybridized carbons (Fsp3) is 0.222. The lowest BCUT2D eigenvalue weighted by Crippen LogP contribution is -2.34. The Labute approximate surface area is 133 Å². The predicted octanol–water partition coefficient (Wildman–Crippen LogP) is 2.71. The molecule has 2 heterocycles. The highest BCUT2D eigenvalue weighted by atomic mass is 16.5. The van der Waals surface area contributed by atoms with Crippen LogP contribution in [-0.2, 0) is 4.79 Å². The van der Waals surface area contributed by atoms with Crippen LogP contribution in [0.25, 0.3) is 0 Å². The highest BCUT2D eigenvalue weighted by Crippen LogP contribution is 2.42. The van der Waals surface area contributed by atoms with Gasteiger partial charge in [-0.3, -0.25) is 4.79 Å². The third-order valence-electron chi connectivity index (χ3n) is 4.33. The van der Waals surface area contributed by atoms with E-state index in [-0.39, 0.29) is 23.6 Å². The van der Waals surface area contributed by atoms with E-state index in [1.165, 1.54) is 11.9 Å². The first kappa shape index (κ1) is 13.8. The van der Waals surface area contributed by atoms with Crippen molar-refractivity contribution in [3.8, 4) is 11.5 Å². The molecule has 4 rings (SSSR count). The van der Waals surface area contributed by atoms with E-state index in [1.54, 1.807) is 18.2 Å². The molecule has 2 aliphatic heterocycles. The molecule has 2 aromatic carbocycles. The molecular formula is C18H16N2O3. The van der Waals surface area contributed by atoms with Crippen LogP contribution in [0.3, 0.4) is 0 Å². The molecule has 0 saturated heterocycles. The molecule has 0 saturated carbocycles. The molecule has 1 N–H and O–H groups in total. The van der Waals surface area contributed by atoms with E-state index in [2.05, 4.69) is 5.10 Å². The van der Waals surface area contributed by atoms with E-state index in [1.807, 2.05) is 30.3 Å². The van der Waals surface area contributed by atoms with Crippen molar-refractivity contribution >= 4 is 11.6 Å². The maximum absolute atomic E-state index is 12.1. The first-order valence-electron chi connectivity index (χ1n) is 7.54. The summed E-state index contributed by atoms with van der Waals surface area (Å²) in [6, 6.07) is 14.4. The van der Waals surface area contributed by atoms with Crippen LogP contribution in [0, 0.1) is 5.92 Å². The highest BCUT2D eigenvalue weighted by Gasteiger charge is 2.44. The van der Waals surface area contributed by atoms with Crippen LogP contribution in [0.1, 0.15) is 24.1 Å². The SMILES string of the molecule is CC(=O)N1N=C2c3ccccc3OCC2C1c1cccc(O)c1. The van der Waals surface area contributed by atoms with E-state index in [0.29, 0.717) is 6.61 Å². The van der Waals surface area contributed by atoms with E-state index >= 15 is 0 Å². The van der Waals surface area contributed by atoms with Crippen molar-refractivity contribution in [2.45, 2.75) is 13.0 Å². The molecule has 5 nitrogen and oxygen atoms in total. The number of rotatable bonds is 1. The van der Waals surface area contributed by atoms with Gasteiger partial charge >= 0.3 is 0 Å². The van der Waals surface area contributed by atoms with E-state index in [0.717, 1.165) is 22.6 Å². The molecule has 0 spiro atoms. The van der Waals surface area contributed by atoms with Gasteiger partial charge in [-0.15, -0.1) is 0 Å². The average Bonchev–Trinajstić information content (AvgIpc) is 2.95. The summed E-state index contributed by atoms with van der Waals surface area (Å²) < 4.78 is 5.87. The first-order valence-corrected chi connectivity index (χ1v) is 7.54. The van der Waals surface area contributed by atoms with Crippen molar-refractivity contribution in [3.63, 3.8) is 0 Å². The summed E-state index contributed by atoms with van der Waals surface area (Å²) in [5.74, 6) is 0.799. The molecule has 2 aliphatic rings. The van der Waals surface area contributed by atoms with Crippen LogP contribution >= 0.6 is 0 Å². The summed E-state index contributed by atoms with van der Waals surface area (Å²) in [4.78, 5) is 12.1. The Balaban J connectivity index is 1.82. The number of ether oxygens (including phenoxy) is 1. The van der Waals surface area contributed by atoms with E-state index in [9.17, 15) is 9.90 Å². The number of phenols is 1. The Bertz CT molecular complexity index is 815. The number of hydrogen-bond acceptors (Lipinski definition) is 4. The number of hydrogen-bond donors (Lipinski definition) is 1. The van der Waals surface area contributed by atoms with Crippen molar-refractivity contribution in [2.75, 3.05) is 6.61 Å². The lowest BCUT2D eigenvalue weighted by Gasteiger charge is -2.29. The van der Waals surface area contributed by atoms with Crippen LogP contribution < -0.4 is 4.74 Å². The molecule has 0 bridgehead atoms. The maximum atomic E-state index is 12.1. The average molecular weight is 308 g/mol. The molecule has 0 radical (unpaired) electrons. The normalized spacial score (nSPS) is 22.0. The quantitative estimate of drug-likeness (QED) is 0.881. The number of phenolic OH excluding ortho intramolecular Hbond substituents is 1. The smallest absolute Gasteiger partial charge is 0.240 e. The Hall–Kier alpha value is -2.82. The Kier molecular flexibility index (Phi) is 3.08. The zero-order valence-electron chi connectivity index (χ0n) is 12.6. The second-order valence-corrected chi connectivity index (χ2v) is 5.80. The fourth-order valence-electron chi connectivity index (χ4n) is 3.33. The van der Waals surface area contributed by atoms with Gasteiger partial charge in [-0.25, -0.2) is 5.01 Å². The molecule has 116 valence electrons. The van der Waals surface area contributed by atoms with Crippen molar-refractivity contribution in [1.82, 2.24) is 5.01 Å². The zero-order chi connectivity index (χ0) is 16.0. The Morgan fingerprint density at radius 3 is 2.87 bits per heavy atom. The molecular weight excluding hydrogens is 292 g/mol. The molecule has 2 unspecified atom stereocenters. The van der Waals surface area contributed by atoms with Gasteiger partial charge in [0.05, 0.1) is 24.3 Å². The van der Waals surface area contributed by atoms with Gasteiger partial charge in [0.15, 0.2) is 0 Å². The van der Waals surface area contributed by atoms with Gasteiger partial charge in [-0.2, -0.15) is 5.10 Å². The Morgan fingerprint density at radius 2 is 2.09 bits per heavy atom. The predicted molar refractivity (Wildman–Crippen MR) is 85.3 cm³/mol. The number of hydrazone groups is 1. The summed E-state index contributed by atoms with van der Waals surface area (Å²) in [7, 11) is 0. The van der Waals surface area contributed by atoms with Gasteiger partial charge in [0.2, 0.25) is 5.91 Å². The molecule has 0 aliphatic carbocycles. The van der Waals surface area contributed by atoms with Gasteiger partial charge in [0.1, 0.15) is 11.5 Å².